The van der Waals surface area contributed by atoms with Crippen molar-refractivity contribution >= 4 is 11.8 Å². The normalized spacial score (nSPS) is 9.54. The predicted molar refractivity (Wildman–Crippen MR) is 55.6 cm³/mol. The number of nitrogens with zero attached hydrogens (tertiary/aromatic N) is 2. The van der Waals surface area contributed by atoms with Gasteiger partial charge < -0.3 is 0 Å². The summed E-state index contributed by atoms with van der Waals surface area (Å²) in [6.07, 6.45) is 10.7. The second kappa shape index (κ2) is 5.60. The zero-order chi connectivity index (χ0) is 9.52. The van der Waals surface area contributed by atoms with E-state index in [1.165, 1.54) is 0 Å². The van der Waals surface area contributed by atoms with E-state index >= 15 is 0 Å². The fourth-order valence-electron chi connectivity index (χ4n) is 0.793. The number of thioether (sulfide) groups is 1. The number of rotatable bonds is 4. The quantitative estimate of drug-likeness (QED) is 0.317. The van der Waals surface area contributed by atoms with Crippen LogP contribution < -0.4 is 0 Å². The summed E-state index contributed by atoms with van der Waals surface area (Å²) in [5, 5.41) is 0.836. The monoisotopic (exact) mass is 192 g/mol. The van der Waals surface area contributed by atoms with E-state index in [-0.39, 0.29) is 0 Å². The highest BCUT2D eigenvalue weighted by Gasteiger charge is 1.95. The van der Waals surface area contributed by atoms with Crippen molar-refractivity contribution in [3.05, 3.63) is 18.0 Å². The van der Waals surface area contributed by atoms with Crippen LogP contribution in [0.2, 0.25) is 0 Å². The maximum atomic E-state index is 5.14. The van der Waals surface area contributed by atoms with Gasteiger partial charge in [0.25, 0.3) is 0 Å². The molecule has 0 spiro atoms. The fourth-order valence-corrected chi connectivity index (χ4v) is 1.52. The number of aromatic nitrogens is 2. The summed E-state index contributed by atoms with van der Waals surface area (Å²) < 4.78 is 0. The molecular formula is C10H12N2S. The first-order valence-electron chi connectivity index (χ1n) is 4.18. The van der Waals surface area contributed by atoms with Crippen molar-refractivity contribution in [3.63, 3.8) is 0 Å². The Morgan fingerprint density at radius 1 is 1.46 bits per heavy atom. The van der Waals surface area contributed by atoms with Crippen molar-refractivity contribution in [2.75, 3.05) is 5.75 Å². The summed E-state index contributed by atoms with van der Waals surface area (Å²) in [7, 11) is 0. The highest BCUT2D eigenvalue weighted by atomic mass is 32.2. The van der Waals surface area contributed by atoms with Crippen molar-refractivity contribution in [2.45, 2.75) is 24.9 Å². The third-order valence-corrected chi connectivity index (χ3v) is 2.42. The topological polar surface area (TPSA) is 25.8 Å². The summed E-state index contributed by atoms with van der Waals surface area (Å²) in [5.41, 5.74) is 1.09. The van der Waals surface area contributed by atoms with Crippen LogP contribution >= 0.6 is 11.8 Å². The minimum atomic E-state index is 0.832. The standard InChI is InChI=1S/C10H12N2S/c1-3-4-5-6-13-10-11-7-9(2)8-12-10/h1,7-8H,4-6H2,2H3. The lowest BCUT2D eigenvalue weighted by atomic mass is 10.4. The van der Waals surface area contributed by atoms with Gasteiger partial charge >= 0.3 is 0 Å². The molecule has 0 bridgehead atoms. The molecule has 0 N–H and O–H groups in total. The van der Waals surface area contributed by atoms with Crippen LogP contribution in [0.5, 0.6) is 0 Å². The van der Waals surface area contributed by atoms with Gasteiger partial charge in [0.05, 0.1) is 0 Å². The average molecular weight is 192 g/mol. The van der Waals surface area contributed by atoms with Crippen molar-refractivity contribution < 1.29 is 0 Å². The Morgan fingerprint density at radius 2 is 2.15 bits per heavy atom. The lowest BCUT2D eigenvalue weighted by molar-refractivity contribution is 0.937. The average Bonchev–Trinajstić information content (AvgIpc) is 2.15. The molecule has 0 unspecified atom stereocenters. The van der Waals surface area contributed by atoms with Gasteiger partial charge in [0, 0.05) is 24.6 Å². The summed E-state index contributed by atoms with van der Waals surface area (Å²) in [4.78, 5) is 8.35. The molecule has 2 nitrogen and oxygen atoms in total. The van der Waals surface area contributed by atoms with E-state index in [1.54, 1.807) is 11.8 Å². The summed E-state index contributed by atoms with van der Waals surface area (Å²) in [6.45, 7) is 1.98. The Balaban J connectivity index is 2.30. The molecule has 0 radical (unpaired) electrons. The van der Waals surface area contributed by atoms with E-state index in [0.29, 0.717) is 0 Å². The van der Waals surface area contributed by atoms with Gasteiger partial charge in [0.15, 0.2) is 5.16 Å². The molecule has 1 rings (SSSR count). The van der Waals surface area contributed by atoms with Gasteiger partial charge in [-0.1, -0.05) is 11.8 Å². The molecule has 13 heavy (non-hydrogen) atoms. The van der Waals surface area contributed by atoms with Gasteiger partial charge in [-0.25, -0.2) is 9.97 Å². The Hall–Kier alpha value is -1.01. The maximum Gasteiger partial charge on any atom is 0.187 e. The number of aryl methyl sites for hydroxylation is 1. The smallest absolute Gasteiger partial charge is 0.187 e. The molecule has 1 heterocycles. The second-order valence-electron chi connectivity index (χ2n) is 2.70. The van der Waals surface area contributed by atoms with Gasteiger partial charge in [0.2, 0.25) is 0 Å². The van der Waals surface area contributed by atoms with Crippen molar-refractivity contribution in [1.29, 1.82) is 0 Å². The van der Waals surface area contributed by atoms with Crippen molar-refractivity contribution in [2.24, 2.45) is 0 Å². The molecule has 0 amide bonds. The summed E-state index contributed by atoms with van der Waals surface area (Å²) in [6, 6.07) is 0. The summed E-state index contributed by atoms with van der Waals surface area (Å²) in [5.74, 6) is 3.60. The Kier molecular flexibility index (Phi) is 4.34. The van der Waals surface area contributed by atoms with Gasteiger partial charge in [-0.2, -0.15) is 0 Å². The Labute approximate surface area is 83.2 Å². The van der Waals surface area contributed by atoms with Crippen LogP contribution in [0.3, 0.4) is 0 Å². The predicted octanol–water partition coefficient (Wildman–Crippen LogP) is 2.29. The zero-order valence-electron chi connectivity index (χ0n) is 7.66. The minimum Gasteiger partial charge on any atom is -0.231 e. The molecule has 0 saturated carbocycles. The van der Waals surface area contributed by atoms with Crippen LogP contribution in [0.1, 0.15) is 18.4 Å². The van der Waals surface area contributed by atoms with E-state index in [1.807, 2.05) is 19.3 Å². The van der Waals surface area contributed by atoms with E-state index in [9.17, 15) is 0 Å². The molecular weight excluding hydrogens is 180 g/mol. The number of hydrogen-bond acceptors (Lipinski definition) is 3. The molecule has 0 aliphatic heterocycles. The lowest BCUT2D eigenvalue weighted by Gasteiger charge is -1.97. The molecule has 0 saturated heterocycles. The van der Waals surface area contributed by atoms with Crippen LogP contribution in [-0.2, 0) is 0 Å². The first kappa shape index (κ1) is 10.1. The second-order valence-corrected chi connectivity index (χ2v) is 3.76. The molecule has 68 valence electrons. The van der Waals surface area contributed by atoms with Crippen LogP contribution in [0.15, 0.2) is 17.6 Å². The highest BCUT2D eigenvalue weighted by molar-refractivity contribution is 7.99. The van der Waals surface area contributed by atoms with Gasteiger partial charge in [0.1, 0.15) is 0 Å². The molecule has 0 aromatic carbocycles. The molecule has 1 aromatic heterocycles. The third-order valence-electron chi connectivity index (χ3n) is 1.45. The molecule has 1 aromatic rings. The molecule has 0 aliphatic rings. The molecule has 0 fully saturated rings. The maximum absolute atomic E-state index is 5.14. The van der Waals surface area contributed by atoms with Gasteiger partial charge in [-0.15, -0.1) is 12.3 Å². The van der Waals surface area contributed by atoms with E-state index in [0.717, 1.165) is 29.3 Å². The van der Waals surface area contributed by atoms with E-state index in [4.69, 9.17) is 6.42 Å². The number of hydrogen-bond donors (Lipinski definition) is 0. The first-order valence-corrected chi connectivity index (χ1v) is 5.16. The Bertz CT molecular complexity index is 287. The van der Waals surface area contributed by atoms with Crippen molar-refractivity contribution in [3.8, 4) is 12.3 Å². The Morgan fingerprint density at radius 3 is 2.77 bits per heavy atom. The van der Waals surface area contributed by atoms with E-state index < -0.39 is 0 Å². The number of unbranched alkanes of at least 4 members (excludes halogenated alkanes) is 1. The third kappa shape index (κ3) is 3.95. The SMILES string of the molecule is C#CCCCSc1ncc(C)cn1. The minimum absolute atomic E-state index is 0.832. The molecule has 0 aliphatic carbocycles. The summed E-state index contributed by atoms with van der Waals surface area (Å²) >= 11 is 1.65. The molecule has 3 heteroatoms. The van der Waals surface area contributed by atoms with Crippen LogP contribution in [-0.4, -0.2) is 15.7 Å². The van der Waals surface area contributed by atoms with Gasteiger partial charge in [-0.05, 0) is 18.9 Å². The van der Waals surface area contributed by atoms with Crippen LogP contribution in [0, 0.1) is 19.3 Å². The van der Waals surface area contributed by atoms with Crippen LogP contribution in [0.25, 0.3) is 0 Å². The molecule has 0 atom stereocenters. The number of terminal acetylenes is 1. The van der Waals surface area contributed by atoms with Crippen LogP contribution in [0.4, 0.5) is 0 Å². The first-order chi connectivity index (χ1) is 6.33. The van der Waals surface area contributed by atoms with Gasteiger partial charge in [-0.3, -0.25) is 0 Å². The van der Waals surface area contributed by atoms with E-state index in [2.05, 4.69) is 15.9 Å². The lowest BCUT2D eigenvalue weighted by Crippen LogP contribution is -1.88. The highest BCUT2D eigenvalue weighted by Crippen LogP contribution is 2.13. The zero-order valence-corrected chi connectivity index (χ0v) is 8.47. The van der Waals surface area contributed by atoms with Crippen molar-refractivity contribution in [1.82, 2.24) is 9.97 Å². The fraction of sp³-hybridized carbons (Fsp3) is 0.400. The largest absolute Gasteiger partial charge is 0.231 e.